The molecule has 13 heavy (non-hydrogen) atoms. The van der Waals surface area contributed by atoms with Gasteiger partial charge in [0.1, 0.15) is 0 Å². The van der Waals surface area contributed by atoms with Crippen molar-refractivity contribution in [2.75, 3.05) is 13.2 Å². The largest absolute Gasteiger partial charge is 0.377 e. The molecular formula is C11H21NO. The molecule has 3 atom stereocenters. The second kappa shape index (κ2) is 3.97. The summed E-state index contributed by atoms with van der Waals surface area (Å²) in [5.41, 5.74) is 0. The highest BCUT2D eigenvalue weighted by molar-refractivity contribution is 4.84. The summed E-state index contributed by atoms with van der Waals surface area (Å²) in [5, 5.41) is 3.63. The molecule has 0 aromatic carbocycles. The number of ether oxygens (including phenoxy) is 1. The van der Waals surface area contributed by atoms with Crippen LogP contribution in [0.15, 0.2) is 0 Å². The van der Waals surface area contributed by atoms with Crippen molar-refractivity contribution >= 4 is 0 Å². The highest BCUT2D eigenvalue weighted by Gasteiger charge is 2.29. The fourth-order valence-corrected chi connectivity index (χ4v) is 2.17. The zero-order valence-corrected chi connectivity index (χ0v) is 8.75. The summed E-state index contributed by atoms with van der Waals surface area (Å²) in [7, 11) is 0. The third-order valence-electron chi connectivity index (χ3n) is 3.50. The summed E-state index contributed by atoms with van der Waals surface area (Å²) in [6.45, 7) is 6.66. The standard InChI is InChI=1S/C11H21NO/c1-8(10-3-4-10)7-12-11-5-6-13-9(11)2/h8-12H,3-7H2,1-2H3. The fourth-order valence-electron chi connectivity index (χ4n) is 2.17. The quantitative estimate of drug-likeness (QED) is 0.717. The van der Waals surface area contributed by atoms with E-state index in [0.29, 0.717) is 12.1 Å². The highest BCUT2D eigenvalue weighted by Crippen LogP contribution is 2.36. The molecule has 0 amide bonds. The van der Waals surface area contributed by atoms with E-state index >= 15 is 0 Å². The van der Waals surface area contributed by atoms with Crippen molar-refractivity contribution < 1.29 is 4.74 Å². The Balaban J connectivity index is 1.66. The van der Waals surface area contributed by atoms with Gasteiger partial charge in [0.05, 0.1) is 6.10 Å². The van der Waals surface area contributed by atoms with Crippen LogP contribution >= 0.6 is 0 Å². The summed E-state index contributed by atoms with van der Waals surface area (Å²) in [4.78, 5) is 0. The fraction of sp³-hybridized carbons (Fsp3) is 1.00. The Bertz CT molecular complexity index is 167. The van der Waals surface area contributed by atoms with Crippen LogP contribution in [0.2, 0.25) is 0 Å². The average Bonchev–Trinajstić information content (AvgIpc) is 2.88. The predicted octanol–water partition coefficient (Wildman–Crippen LogP) is 1.80. The summed E-state index contributed by atoms with van der Waals surface area (Å²) < 4.78 is 5.51. The van der Waals surface area contributed by atoms with E-state index in [1.165, 1.54) is 25.8 Å². The minimum absolute atomic E-state index is 0.423. The first-order chi connectivity index (χ1) is 6.27. The molecule has 0 radical (unpaired) electrons. The van der Waals surface area contributed by atoms with E-state index in [1.54, 1.807) is 0 Å². The second-order valence-electron chi connectivity index (χ2n) is 4.69. The lowest BCUT2D eigenvalue weighted by Gasteiger charge is -2.19. The highest BCUT2D eigenvalue weighted by atomic mass is 16.5. The number of hydrogen-bond donors (Lipinski definition) is 1. The number of hydrogen-bond acceptors (Lipinski definition) is 2. The molecule has 0 spiro atoms. The topological polar surface area (TPSA) is 21.3 Å². The summed E-state index contributed by atoms with van der Waals surface area (Å²) in [5.74, 6) is 1.89. The molecule has 0 aromatic heterocycles. The van der Waals surface area contributed by atoms with Crippen LogP contribution in [-0.4, -0.2) is 25.3 Å². The molecule has 0 bridgehead atoms. The van der Waals surface area contributed by atoms with Gasteiger partial charge in [0, 0.05) is 12.6 Å². The van der Waals surface area contributed by atoms with Crippen LogP contribution in [0.25, 0.3) is 0 Å². The molecule has 1 saturated carbocycles. The van der Waals surface area contributed by atoms with Crippen LogP contribution in [0.4, 0.5) is 0 Å². The van der Waals surface area contributed by atoms with Gasteiger partial charge in [0.15, 0.2) is 0 Å². The van der Waals surface area contributed by atoms with Gasteiger partial charge in [-0.1, -0.05) is 6.92 Å². The number of rotatable bonds is 4. The van der Waals surface area contributed by atoms with Crippen molar-refractivity contribution in [2.24, 2.45) is 11.8 Å². The molecule has 2 rings (SSSR count). The van der Waals surface area contributed by atoms with E-state index in [0.717, 1.165) is 18.4 Å². The minimum atomic E-state index is 0.423. The van der Waals surface area contributed by atoms with Crippen molar-refractivity contribution in [3.05, 3.63) is 0 Å². The van der Waals surface area contributed by atoms with Crippen LogP contribution in [-0.2, 0) is 4.74 Å². The molecule has 2 fully saturated rings. The minimum Gasteiger partial charge on any atom is -0.377 e. The first kappa shape index (κ1) is 9.47. The summed E-state index contributed by atoms with van der Waals surface area (Å²) >= 11 is 0. The zero-order chi connectivity index (χ0) is 9.26. The molecule has 1 N–H and O–H groups in total. The Labute approximate surface area is 81.0 Å². The lowest BCUT2D eigenvalue weighted by molar-refractivity contribution is 0.112. The van der Waals surface area contributed by atoms with E-state index in [9.17, 15) is 0 Å². The van der Waals surface area contributed by atoms with E-state index in [2.05, 4.69) is 19.2 Å². The van der Waals surface area contributed by atoms with Gasteiger partial charge >= 0.3 is 0 Å². The van der Waals surface area contributed by atoms with E-state index in [-0.39, 0.29) is 0 Å². The van der Waals surface area contributed by atoms with Gasteiger partial charge in [-0.25, -0.2) is 0 Å². The third-order valence-corrected chi connectivity index (χ3v) is 3.50. The first-order valence-corrected chi connectivity index (χ1v) is 5.62. The lowest BCUT2D eigenvalue weighted by Crippen LogP contribution is -2.37. The maximum atomic E-state index is 5.51. The Morgan fingerprint density at radius 1 is 1.38 bits per heavy atom. The van der Waals surface area contributed by atoms with Gasteiger partial charge in [0.25, 0.3) is 0 Å². The van der Waals surface area contributed by atoms with Gasteiger partial charge in [-0.15, -0.1) is 0 Å². The van der Waals surface area contributed by atoms with Gasteiger partial charge in [-0.05, 0) is 44.6 Å². The zero-order valence-electron chi connectivity index (χ0n) is 8.75. The monoisotopic (exact) mass is 183 g/mol. The van der Waals surface area contributed by atoms with E-state index in [1.807, 2.05) is 0 Å². The van der Waals surface area contributed by atoms with Crippen molar-refractivity contribution in [1.29, 1.82) is 0 Å². The summed E-state index contributed by atoms with van der Waals surface area (Å²) in [6.07, 6.45) is 4.53. The molecule has 2 heteroatoms. The number of nitrogens with one attached hydrogen (secondary N) is 1. The Kier molecular flexibility index (Phi) is 2.89. The molecule has 1 aliphatic carbocycles. The van der Waals surface area contributed by atoms with Crippen molar-refractivity contribution in [3.8, 4) is 0 Å². The van der Waals surface area contributed by atoms with Crippen LogP contribution in [0, 0.1) is 11.8 Å². The summed E-state index contributed by atoms with van der Waals surface area (Å²) in [6, 6.07) is 0.612. The van der Waals surface area contributed by atoms with Crippen molar-refractivity contribution in [2.45, 2.75) is 45.3 Å². The van der Waals surface area contributed by atoms with Gasteiger partial charge in [0.2, 0.25) is 0 Å². The molecule has 0 aromatic rings. The molecule has 76 valence electrons. The molecular weight excluding hydrogens is 162 g/mol. The molecule has 3 unspecified atom stereocenters. The van der Waals surface area contributed by atoms with Crippen molar-refractivity contribution in [3.63, 3.8) is 0 Å². The predicted molar refractivity (Wildman–Crippen MR) is 53.7 cm³/mol. The molecule has 1 saturated heterocycles. The normalized spacial score (nSPS) is 36.5. The molecule has 2 aliphatic rings. The molecule has 1 heterocycles. The first-order valence-electron chi connectivity index (χ1n) is 5.62. The van der Waals surface area contributed by atoms with Gasteiger partial charge in [-0.3, -0.25) is 0 Å². The maximum Gasteiger partial charge on any atom is 0.0700 e. The molecule has 1 aliphatic heterocycles. The smallest absolute Gasteiger partial charge is 0.0700 e. The van der Waals surface area contributed by atoms with E-state index in [4.69, 9.17) is 4.74 Å². The van der Waals surface area contributed by atoms with Crippen LogP contribution < -0.4 is 5.32 Å². The van der Waals surface area contributed by atoms with Crippen LogP contribution in [0.3, 0.4) is 0 Å². The van der Waals surface area contributed by atoms with Crippen LogP contribution in [0.1, 0.15) is 33.1 Å². The maximum absolute atomic E-state index is 5.51. The van der Waals surface area contributed by atoms with Gasteiger partial charge in [-0.2, -0.15) is 0 Å². The SMILES string of the molecule is CC(CNC1CCOC1C)C1CC1. The Morgan fingerprint density at radius 3 is 2.69 bits per heavy atom. The van der Waals surface area contributed by atoms with Gasteiger partial charge < -0.3 is 10.1 Å². The Hall–Kier alpha value is -0.0800. The molecule has 2 nitrogen and oxygen atoms in total. The third kappa shape index (κ3) is 2.44. The second-order valence-corrected chi connectivity index (χ2v) is 4.69. The average molecular weight is 183 g/mol. The van der Waals surface area contributed by atoms with Crippen LogP contribution in [0.5, 0.6) is 0 Å². The van der Waals surface area contributed by atoms with Crippen molar-refractivity contribution in [1.82, 2.24) is 5.32 Å². The lowest BCUT2D eigenvalue weighted by atomic mass is 10.1. The Morgan fingerprint density at radius 2 is 2.15 bits per heavy atom. The van der Waals surface area contributed by atoms with E-state index < -0.39 is 0 Å².